The molecule has 1 aromatic carbocycles. The Morgan fingerprint density at radius 3 is 2.50 bits per heavy atom. The standard InChI is InChI=1S/C21H20N4O3S2/c26-15(22-20-23-24-21(30-20)29-11-12-4-2-1-3-5-12)8-9-25-18(27)16-13-6-7-14(10-13)17(16)19(25)28/h1-7,13-14,16-17H,8-11H2,(H,22,23,26). The van der Waals surface area contributed by atoms with Crippen LogP contribution in [0.2, 0.25) is 0 Å². The van der Waals surface area contributed by atoms with Crippen molar-refractivity contribution >= 4 is 46.0 Å². The van der Waals surface area contributed by atoms with E-state index in [-0.39, 0.29) is 54.4 Å². The van der Waals surface area contributed by atoms with E-state index in [2.05, 4.69) is 27.7 Å². The fourth-order valence-electron chi connectivity index (χ4n) is 4.62. The van der Waals surface area contributed by atoms with Gasteiger partial charge in [0.1, 0.15) is 0 Å². The Hall–Kier alpha value is -2.52. The first-order valence-electron chi connectivity index (χ1n) is 9.94. The topological polar surface area (TPSA) is 92.3 Å². The summed E-state index contributed by atoms with van der Waals surface area (Å²) in [6.07, 6.45) is 5.10. The molecule has 2 heterocycles. The molecule has 4 unspecified atom stereocenters. The number of fused-ring (bicyclic) bond motifs is 5. The van der Waals surface area contributed by atoms with E-state index in [1.165, 1.54) is 21.8 Å². The Bertz CT molecular complexity index is 992. The van der Waals surface area contributed by atoms with Gasteiger partial charge in [-0.3, -0.25) is 19.3 Å². The molecule has 154 valence electrons. The number of anilines is 1. The van der Waals surface area contributed by atoms with Gasteiger partial charge in [0.2, 0.25) is 22.9 Å². The molecular weight excluding hydrogens is 420 g/mol. The second-order valence-corrected chi connectivity index (χ2v) is 9.97. The molecule has 0 spiro atoms. The van der Waals surface area contributed by atoms with Gasteiger partial charge in [0, 0.05) is 18.7 Å². The molecule has 7 nitrogen and oxygen atoms in total. The Labute approximate surface area is 181 Å². The molecule has 1 N–H and O–H groups in total. The van der Waals surface area contributed by atoms with Crippen molar-refractivity contribution in [1.29, 1.82) is 0 Å². The van der Waals surface area contributed by atoms with E-state index in [0.717, 1.165) is 16.5 Å². The number of likely N-dealkylation sites (tertiary alicyclic amines) is 1. The molecule has 9 heteroatoms. The van der Waals surface area contributed by atoms with E-state index in [0.29, 0.717) is 5.13 Å². The van der Waals surface area contributed by atoms with Crippen molar-refractivity contribution in [3.05, 3.63) is 48.0 Å². The normalized spacial score (nSPS) is 26.5. The molecule has 1 aliphatic heterocycles. The maximum atomic E-state index is 12.7. The third-order valence-electron chi connectivity index (χ3n) is 5.98. The molecule has 3 amide bonds. The number of allylic oxidation sites excluding steroid dienone is 2. The number of benzene rings is 1. The lowest BCUT2D eigenvalue weighted by Gasteiger charge is -2.16. The summed E-state index contributed by atoms with van der Waals surface area (Å²) >= 11 is 2.88. The molecule has 2 bridgehead atoms. The van der Waals surface area contributed by atoms with E-state index in [1.807, 2.05) is 30.3 Å². The van der Waals surface area contributed by atoms with Crippen molar-refractivity contribution in [2.45, 2.75) is 22.9 Å². The molecule has 0 radical (unpaired) electrons. The summed E-state index contributed by atoms with van der Waals surface area (Å²) in [5.41, 5.74) is 1.19. The molecule has 1 saturated carbocycles. The van der Waals surface area contributed by atoms with Gasteiger partial charge >= 0.3 is 0 Å². The van der Waals surface area contributed by atoms with Gasteiger partial charge in [-0.2, -0.15) is 0 Å². The fourth-order valence-corrected chi connectivity index (χ4v) is 6.34. The number of aromatic nitrogens is 2. The highest BCUT2D eigenvalue weighted by molar-refractivity contribution is 8.00. The highest BCUT2D eigenvalue weighted by Crippen LogP contribution is 2.52. The highest BCUT2D eigenvalue weighted by Gasteiger charge is 2.59. The molecule has 2 aromatic rings. The summed E-state index contributed by atoms with van der Waals surface area (Å²) < 4.78 is 0.773. The fraction of sp³-hybridized carbons (Fsp3) is 0.381. The van der Waals surface area contributed by atoms with Crippen LogP contribution in [0.3, 0.4) is 0 Å². The zero-order valence-electron chi connectivity index (χ0n) is 16.1. The van der Waals surface area contributed by atoms with E-state index < -0.39 is 0 Å². The van der Waals surface area contributed by atoms with Crippen LogP contribution in [0.1, 0.15) is 18.4 Å². The van der Waals surface area contributed by atoms with Crippen molar-refractivity contribution < 1.29 is 14.4 Å². The average Bonchev–Trinajstić information content (AvgIpc) is 3.52. The molecule has 1 saturated heterocycles. The molecular formula is C21H20N4O3S2. The molecule has 2 aliphatic carbocycles. The van der Waals surface area contributed by atoms with Crippen LogP contribution in [0, 0.1) is 23.7 Å². The summed E-state index contributed by atoms with van der Waals surface area (Å²) in [5, 5.41) is 11.3. The second-order valence-electron chi connectivity index (χ2n) is 7.77. The maximum Gasteiger partial charge on any atom is 0.233 e. The molecule has 4 atom stereocenters. The Balaban J connectivity index is 1.12. The third kappa shape index (κ3) is 3.56. The number of amides is 3. The zero-order chi connectivity index (χ0) is 20.7. The number of nitrogens with one attached hydrogen (secondary N) is 1. The quantitative estimate of drug-likeness (QED) is 0.308. The maximum absolute atomic E-state index is 12.7. The van der Waals surface area contributed by atoms with Crippen LogP contribution < -0.4 is 5.32 Å². The van der Waals surface area contributed by atoms with Gasteiger partial charge in [0.15, 0.2) is 4.34 Å². The Morgan fingerprint density at radius 1 is 1.10 bits per heavy atom. The van der Waals surface area contributed by atoms with E-state index in [1.54, 1.807) is 11.8 Å². The minimum Gasteiger partial charge on any atom is -0.300 e. The monoisotopic (exact) mass is 440 g/mol. The minimum atomic E-state index is -0.274. The van der Waals surface area contributed by atoms with E-state index >= 15 is 0 Å². The van der Waals surface area contributed by atoms with Gasteiger partial charge in [0.05, 0.1) is 11.8 Å². The first-order valence-corrected chi connectivity index (χ1v) is 11.7. The third-order valence-corrected chi connectivity index (χ3v) is 8.03. The molecule has 30 heavy (non-hydrogen) atoms. The zero-order valence-corrected chi connectivity index (χ0v) is 17.7. The predicted octanol–water partition coefficient (Wildman–Crippen LogP) is 2.97. The minimum absolute atomic E-state index is 0.0613. The summed E-state index contributed by atoms with van der Waals surface area (Å²) in [4.78, 5) is 38.9. The van der Waals surface area contributed by atoms with Crippen LogP contribution in [0.25, 0.3) is 0 Å². The van der Waals surface area contributed by atoms with Crippen LogP contribution in [-0.2, 0) is 20.1 Å². The lowest BCUT2D eigenvalue weighted by Crippen LogP contribution is -2.35. The molecule has 3 aliphatic rings. The number of carbonyl (C=O) groups is 3. The molecule has 2 fully saturated rings. The van der Waals surface area contributed by atoms with Crippen molar-refractivity contribution in [3.63, 3.8) is 0 Å². The van der Waals surface area contributed by atoms with Crippen LogP contribution in [-0.4, -0.2) is 39.4 Å². The number of imide groups is 1. The largest absolute Gasteiger partial charge is 0.300 e. The second kappa shape index (κ2) is 7.96. The SMILES string of the molecule is O=C(CCN1C(=O)C2C3C=CC(C3)C2C1=O)Nc1nnc(SCc2ccccc2)s1. The first kappa shape index (κ1) is 19.4. The highest BCUT2D eigenvalue weighted by atomic mass is 32.2. The van der Waals surface area contributed by atoms with Crippen LogP contribution in [0.4, 0.5) is 5.13 Å². The van der Waals surface area contributed by atoms with Gasteiger partial charge < -0.3 is 5.32 Å². The number of nitrogens with zero attached hydrogens (tertiary/aromatic N) is 3. The molecule has 1 aromatic heterocycles. The van der Waals surface area contributed by atoms with Crippen molar-refractivity contribution in [2.75, 3.05) is 11.9 Å². The lowest BCUT2D eigenvalue weighted by atomic mass is 9.85. The van der Waals surface area contributed by atoms with Crippen LogP contribution >= 0.6 is 23.1 Å². The van der Waals surface area contributed by atoms with Gasteiger partial charge in [-0.15, -0.1) is 10.2 Å². The van der Waals surface area contributed by atoms with Gasteiger partial charge in [-0.05, 0) is 23.8 Å². The van der Waals surface area contributed by atoms with Crippen LogP contribution in [0.5, 0.6) is 0 Å². The predicted molar refractivity (Wildman–Crippen MR) is 114 cm³/mol. The van der Waals surface area contributed by atoms with Crippen LogP contribution in [0.15, 0.2) is 46.8 Å². The number of hydrogen-bond donors (Lipinski definition) is 1. The number of carbonyl (C=O) groups excluding carboxylic acids is 3. The van der Waals surface area contributed by atoms with Crippen molar-refractivity contribution in [1.82, 2.24) is 15.1 Å². The summed E-state index contributed by atoms with van der Waals surface area (Å²) in [6.45, 7) is 0.115. The molecule has 5 rings (SSSR count). The average molecular weight is 441 g/mol. The van der Waals surface area contributed by atoms with Crippen molar-refractivity contribution in [3.8, 4) is 0 Å². The van der Waals surface area contributed by atoms with Gasteiger partial charge in [-0.25, -0.2) is 0 Å². The summed E-state index contributed by atoms with van der Waals surface area (Å²) in [6, 6.07) is 10.1. The summed E-state index contributed by atoms with van der Waals surface area (Å²) in [5.74, 6) is 0.194. The summed E-state index contributed by atoms with van der Waals surface area (Å²) in [7, 11) is 0. The Morgan fingerprint density at radius 2 is 1.80 bits per heavy atom. The first-order chi connectivity index (χ1) is 14.6. The van der Waals surface area contributed by atoms with Gasteiger partial charge in [0.25, 0.3) is 0 Å². The smallest absolute Gasteiger partial charge is 0.233 e. The van der Waals surface area contributed by atoms with E-state index in [9.17, 15) is 14.4 Å². The van der Waals surface area contributed by atoms with Gasteiger partial charge in [-0.1, -0.05) is 65.6 Å². The van der Waals surface area contributed by atoms with Crippen molar-refractivity contribution in [2.24, 2.45) is 23.7 Å². The number of thioether (sulfide) groups is 1. The Kier molecular flexibility index (Phi) is 5.16. The van der Waals surface area contributed by atoms with E-state index in [4.69, 9.17) is 0 Å². The lowest BCUT2D eigenvalue weighted by molar-refractivity contribution is -0.140. The number of rotatable bonds is 7. The number of hydrogen-bond acceptors (Lipinski definition) is 7.